The van der Waals surface area contributed by atoms with Gasteiger partial charge in [-0.05, 0) is 38.6 Å². The van der Waals surface area contributed by atoms with Crippen molar-refractivity contribution in [2.45, 2.75) is 44.6 Å². The Bertz CT molecular complexity index is 89.6. The molecule has 2 N–H and O–H groups in total. The van der Waals surface area contributed by atoms with Crippen molar-refractivity contribution in [1.29, 1.82) is 0 Å². The second-order valence-electron chi connectivity index (χ2n) is 3.37. The van der Waals surface area contributed by atoms with E-state index in [4.69, 9.17) is 5.11 Å². The van der Waals surface area contributed by atoms with Crippen LogP contribution in [0, 0.1) is 0 Å². The van der Waals surface area contributed by atoms with Gasteiger partial charge in [-0.1, -0.05) is 6.42 Å². The van der Waals surface area contributed by atoms with Gasteiger partial charge in [-0.15, -0.1) is 0 Å². The molecular weight excluding hydrogens is 138 g/mol. The molecule has 0 saturated carbocycles. The van der Waals surface area contributed by atoms with Crippen LogP contribution in [0.1, 0.15) is 38.5 Å². The molecule has 1 heterocycles. The van der Waals surface area contributed by atoms with E-state index in [9.17, 15) is 0 Å². The number of hydrogen-bond acceptors (Lipinski definition) is 2. The van der Waals surface area contributed by atoms with Crippen LogP contribution in [-0.4, -0.2) is 24.3 Å². The lowest BCUT2D eigenvalue weighted by Gasteiger charge is -2.23. The maximum atomic E-state index is 8.58. The molecule has 1 rings (SSSR count). The number of hydrogen-bond donors (Lipinski definition) is 2. The van der Waals surface area contributed by atoms with Crippen molar-refractivity contribution < 1.29 is 5.11 Å². The zero-order valence-electron chi connectivity index (χ0n) is 7.18. The maximum Gasteiger partial charge on any atom is 0.0431 e. The molecule has 2 heteroatoms. The molecule has 2 nitrogen and oxygen atoms in total. The van der Waals surface area contributed by atoms with Crippen LogP contribution in [0.4, 0.5) is 0 Å². The topological polar surface area (TPSA) is 32.3 Å². The molecule has 0 aromatic rings. The zero-order valence-corrected chi connectivity index (χ0v) is 7.18. The zero-order chi connectivity index (χ0) is 7.94. The van der Waals surface area contributed by atoms with E-state index in [0.29, 0.717) is 6.61 Å². The van der Waals surface area contributed by atoms with E-state index < -0.39 is 0 Å². The fraction of sp³-hybridized carbons (Fsp3) is 1.00. The van der Waals surface area contributed by atoms with Gasteiger partial charge >= 0.3 is 0 Å². The molecule has 0 spiro atoms. The Hall–Kier alpha value is -0.0800. The van der Waals surface area contributed by atoms with Crippen molar-refractivity contribution in [1.82, 2.24) is 5.32 Å². The van der Waals surface area contributed by atoms with Gasteiger partial charge < -0.3 is 10.4 Å². The predicted octanol–water partition coefficient (Wildman–Crippen LogP) is 1.29. The van der Waals surface area contributed by atoms with E-state index in [-0.39, 0.29) is 0 Å². The van der Waals surface area contributed by atoms with Crippen molar-refractivity contribution in [3.05, 3.63) is 0 Å². The van der Waals surface area contributed by atoms with Gasteiger partial charge in [0.15, 0.2) is 0 Å². The van der Waals surface area contributed by atoms with Crippen LogP contribution in [0.15, 0.2) is 0 Å². The largest absolute Gasteiger partial charge is 0.396 e. The van der Waals surface area contributed by atoms with E-state index in [1.54, 1.807) is 0 Å². The monoisotopic (exact) mass is 157 g/mol. The van der Waals surface area contributed by atoms with E-state index in [1.807, 2.05) is 0 Å². The summed E-state index contributed by atoms with van der Waals surface area (Å²) in [6, 6.07) is 0.746. The molecule has 0 amide bonds. The minimum absolute atomic E-state index is 0.354. The molecule has 0 bridgehead atoms. The summed E-state index contributed by atoms with van der Waals surface area (Å²) in [5.41, 5.74) is 0. The molecule has 1 fully saturated rings. The third-order valence-corrected chi connectivity index (χ3v) is 2.37. The number of nitrogens with one attached hydrogen (secondary N) is 1. The van der Waals surface area contributed by atoms with Crippen molar-refractivity contribution in [2.75, 3.05) is 13.2 Å². The summed E-state index contributed by atoms with van der Waals surface area (Å²) in [5.74, 6) is 0. The average molecular weight is 157 g/mol. The summed E-state index contributed by atoms with van der Waals surface area (Å²) in [5, 5.41) is 12.1. The molecule has 0 aliphatic carbocycles. The first kappa shape index (κ1) is 9.01. The van der Waals surface area contributed by atoms with Crippen molar-refractivity contribution in [2.24, 2.45) is 0 Å². The summed E-state index contributed by atoms with van der Waals surface area (Å²) >= 11 is 0. The van der Waals surface area contributed by atoms with E-state index in [2.05, 4.69) is 5.32 Å². The van der Waals surface area contributed by atoms with E-state index in [1.165, 1.54) is 38.6 Å². The summed E-state index contributed by atoms with van der Waals surface area (Å²) < 4.78 is 0. The maximum absolute atomic E-state index is 8.58. The first-order valence-electron chi connectivity index (χ1n) is 4.77. The van der Waals surface area contributed by atoms with Gasteiger partial charge in [0.25, 0.3) is 0 Å². The predicted molar refractivity (Wildman–Crippen MR) is 46.6 cm³/mol. The second-order valence-corrected chi connectivity index (χ2v) is 3.37. The van der Waals surface area contributed by atoms with E-state index >= 15 is 0 Å². The van der Waals surface area contributed by atoms with Gasteiger partial charge in [0.2, 0.25) is 0 Å². The number of piperidine rings is 1. The van der Waals surface area contributed by atoms with Gasteiger partial charge in [0.1, 0.15) is 0 Å². The molecule has 0 aromatic carbocycles. The number of rotatable bonds is 4. The Labute approximate surface area is 69.0 Å². The lowest BCUT2D eigenvalue weighted by atomic mass is 10.00. The number of aliphatic hydroxyl groups is 1. The first-order chi connectivity index (χ1) is 5.43. The van der Waals surface area contributed by atoms with Gasteiger partial charge in [0, 0.05) is 12.6 Å². The Balaban J connectivity index is 1.96. The molecule has 1 saturated heterocycles. The summed E-state index contributed by atoms with van der Waals surface area (Å²) in [7, 11) is 0. The van der Waals surface area contributed by atoms with Gasteiger partial charge in [-0.3, -0.25) is 0 Å². The van der Waals surface area contributed by atoms with Gasteiger partial charge in [-0.25, -0.2) is 0 Å². The fourth-order valence-electron chi connectivity index (χ4n) is 1.67. The van der Waals surface area contributed by atoms with Gasteiger partial charge in [-0.2, -0.15) is 0 Å². The third kappa shape index (κ3) is 3.73. The molecule has 11 heavy (non-hydrogen) atoms. The van der Waals surface area contributed by atoms with Crippen LogP contribution in [0.3, 0.4) is 0 Å². The van der Waals surface area contributed by atoms with Gasteiger partial charge in [0.05, 0.1) is 0 Å². The Morgan fingerprint density at radius 1 is 1.27 bits per heavy atom. The molecule has 66 valence electrons. The highest BCUT2D eigenvalue weighted by atomic mass is 16.2. The smallest absolute Gasteiger partial charge is 0.0431 e. The Kier molecular flexibility index (Phi) is 4.55. The van der Waals surface area contributed by atoms with Crippen molar-refractivity contribution in [3.63, 3.8) is 0 Å². The minimum atomic E-state index is 0.354. The standard InChI is InChI=1S/C9H19NO/c11-8-4-2-6-9-5-1-3-7-10-9/h9-11H,1-8H2/t9-/m1/s1. The quantitative estimate of drug-likeness (QED) is 0.603. The molecule has 0 unspecified atom stereocenters. The Morgan fingerprint density at radius 2 is 2.18 bits per heavy atom. The SMILES string of the molecule is OCCCC[C@H]1CCCCN1. The molecule has 1 aliphatic rings. The third-order valence-electron chi connectivity index (χ3n) is 2.37. The van der Waals surface area contributed by atoms with Crippen LogP contribution in [0.2, 0.25) is 0 Å². The summed E-state index contributed by atoms with van der Waals surface area (Å²) in [4.78, 5) is 0. The molecule has 0 radical (unpaired) electrons. The van der Waals surface area contributed by atoms with Crippen molar-refractivity contribution >= 4 is 0 Å². The lowest BCUT2D eigenvalue weighted by molar-refractivity contribution is 0.275. The fourth-order valence-corrected chi connectivity index (χ4v) is 1.67. The molecular formula is C9H19NO. The van der Waals surface area contributed by atoms with E-state index in [0.717, 1.165) is 12.5 Å². The van der Waals surface area contributed by atoms with Crippen LogP contribution in [0.25, 0.3) is 0 Å². The second kappa shape index (κ2) is 5.56. The first-order valence-corrected chi connectivity index (χ1v) is 4.77. The molecule has 1 atom stereocenters. The highest BCUT2D eigenvalue weighted by Gasteiger charge is 2.10. The molecule has 1 aliphatic heterocycles. The number of unbranched alkanes of at least 4 members (excludes halogenated alkanes) is 1. The van der Waals surface area contributed by atoms with Crippen LogP contribution in [0.5, 0.6) is 0 Å². The van der Waals surface area contributed by atoms with Crippen molar-refractivity contribution in [3.8, 4) is 0 Å². The Morgan fingerprint density at radius 3 is 2.82 bits per heavy atom. The van der Waals surface area contributed by atoms with Crippen LogP contribution < -0.4 is 5.32 Å². The van der Waals surface area contributed by atoms with Crippen LogP contribution >= 0.6 is 0 Å². The lowest BCUT2D eigenvalue weighted by Crippen LogP contribution is -2.33. The van der Waals surface area contributed by atoms with Crippen LogP contribution in [-0.2, 0) is 0 Å². The normalized spacial score (nSPS) is 25.4. The minimum Gasteiger partial charge on any atom is -0.396 e. The highest BCUT2D eigenvalue weighted by Crippen LogP contribution is 2.12. The summed E-state index contributed by atoms with van der Waals surface area (Å²) in [6.45, 7) is 1.55. The number of aliphatic hydroxyl groups excluding tert-OH is 1. The summed E-state index contributed by atoms with van der Waals surface area (Å²) in [6.07, 6.45) is 7.46. The molecule has 0 aromatic heterocycles. The average Bonchev–Trinajstić information content (AvgIpc) is 2.07. The highest BCUT2D eigenvalue weighted by molar-refractivity contribution is 4.71.